The third-order valence-corrected chi connectivity index (χ3v) is 2.44. The van der Waals surface area contributed by atoms with Crippen molar-refractivity contribution in [2.75, 3.05) is 11.1 Å². The van der Waals surface area contributed by atoms with Gasteiger partial charge in [0, 0.05) is 11.8 Å². The Morgan fingerprint density at radius 3 is 2.82 bits per heavy atom. The fraction of sp³-hybridized carbons (Fsp3) is 0.182. The van der Waals surface area contributed by atoms with Gasteiger partial charge in [-0.05, 0) is 26.0 Å². The second-order valence-corrected chi connectivity index (χ2v) is 3.62. The first kappa shape index (κ1) is 11.1. The van der Waals surface area contributed by atoms with Crippen LogP contribution in [0.15, 0.2) is 22.9 Å². The van der Waals surface area contributed by atoms with Crippen LogP contribution >= 0.6 is 0 Å². The molecular weight excluding hydrogens is 220 g/mol. The largest absolute Gasteiger partial charge is 0.397 e. The van der Waals surface area contributed by atoms with Gasteiger partial charge in [0.25, 0.3) is 5.91 Å². The summed E-state index contributed by atoms with van der Waals surface area (Å²) in [5.41, 5.74) is 7.65. The molecular formula is C11H12N4O2. The first-order valence-electron chi connectivity index (χ1n) is 5.04. The molecule has 0 atom stereocenters. The van der Waals surface area contributed by atoms with Crippen LogP contribution in [0.25, 0.3) is 0 Å². The summed E-state index contributed by atoms with van der Waals surface area (Å²) in [7, 11) is 0. The lowest BCUT2D eigenvalue weighted by Crippen LogP contribution is -2.15. The number of nitrogens with two attached hydrogens (primary N) is 1. The third-order valence-electron chi connectivity index (χ3n) is 2.44. The molecule has 2 aromatic rings. The van der Waals surface area contributed by atoms with Crippen LogP contribution in [-0.4, -0.2) is 16.0 Å². The quantitative estimate of drug-likeness (QED) is 0.818. The zero-order chi connectivity index (χ0) is 12.4. The Morgan fingerprint density at radius 1 is 1.47 bits per heavy atom. The molecule has 0 saturated heterocycles. The van der Waals surface area contributed by atoms with E-state index in [0.717, 1.165) is 11.3 Å². The maximum Gasteiger partial charge on any atom is 0.278 e. The average molecular weight is 232 g/mol. The van der Waals surface area contributed by atoms with Gasteiger partial charge in [-0.2, -0.15) is 0 Å². The lowest BCUT2D eigenvalue weighted by Gasteiger charge is -2.03. The van der Waals surface area contributed by atoms with Crippen molar-refractivity contribution in [2.24, 2.45) is 0 Å². The van der Waals surface area contributed by atoms with Gasteiger partial charge >= 0.3 is 0 Å². The van der Waals surface area contributed by atoms with Crippen molar-refractivity contribution >= 4 is 17.5 Å². The highest BCUT2D eigenvalue weighted by atomic mass is 16.5. The van der Waals surface area contributed by atoms with Crippen LogP contribution in [0.1, 0.15) is 21.7 Å². The maximum absolute atomic E-state index is 11.9. The number of nitrogen functional groups attached to an aromatic ring is 1. The minimum Gasteiger partial charge on any atom is -0.397 e. The molecule has 0 fully saturated rings. The molecule has 17 heavy (non-hydrogen) atoms. The van der Waals surface area contributed by atoms with E-state index in [0.29, 0.717) is 11.6 Å². The van der Waals surface area contributed by atoms with Crippen molar-refractivity contribution in [3.63, 3.8) is 0 Å². The first-order valence-corrected chi connectivity index (χ1v) is 5.04. The van der Waals surface area contributed by atoms with Gasteiger partial charge in [0.05, 0.1) is 11.4 Å². The molecule has 6 heteroatoms. The number of carbonyl (C=O) groups is 1. The molecule has 3 N–H and O–H groups in total. The highest BCUT2D eigenvalue weighted by Gasteiger charge is 2.15. The Morgan fingerprint density at radius 2 is 2.24 bits per heavy atom. The molecule has 0 saturated carbocycles. The normalized spacial score (nSPS) is 10.2. The van der Waals surface area contributed by atoms with E-state index in [1.165, 1.54) is 6.20 Å². The Kier molecular flexibility index (Phi) is 2.78. The summed E-state index contributed by atoms with van der Waals surface area (Å²) in [6.07, 6.45) is 1.50. The molecule has 0 aromatic carbocycles. The van der Waals surface area contributed by atoms with E-state index < -0.39 is 5.91 Å². The fourth-order valence-electron chi connectivity index (χ4n) is 1.30. The summed E-state index contributed by atoms with van der Waals surface area (Å²) in [6.45, 7) is 3.60. The van der Waals surface area contributed by atoms with Gasteiger partial charge in [-0.15, -0.1) is 0 Å². The van der Waals surface area contributed by atoms with Crippen LogP contribution in [-0.2, 0) is 0 Å². The van der Waals surface area contributed by atoms with E-state index in [4.69, 9.17) is 10.3 Å². The first-order chi connectivity index (χ1) is 8.09. The van der Waals surface area contributed by atoms with E-state index in [1.54, 1.807) is 19.1 Å². The highest BCUT2D eigenvalue weighted by Crippen LogP contribution is 2.18. The van der Waals surface area contributed by atoms with Crippen molar-refractivity contribution in [1.29, 1.82) is 0 Å². The number of aromatic nitrogens is 2. The van der Waals surface area contributed by atoms with Crippen LogP contribution in [0.4, 0.5) is 11.6 Å². The van der Waals surface area contributed by atoms with Gasteiger partial charge in [-0.1, -0.05) is 5.16 Å². The number of rotatable bonds is 2. The number of nitrogens with zero attached hydrogens (tertiary/aromatic N) is 2. The summed E-state index contributed by atoms with van der Waals surface area (Å²) >= 11 is 0. The monoisotopic (exact) mass is 232 g/mol. The number of pyridine rings is 1. The molecule has 0 spiro atoms. The van der Waals surface area contributed by atoms with E-state index in [2.05, 4.69) is 15.5 Å². The Balaban J connectivity index is 2.23. The third kappa shape index (κ3) is 2.10. The summed E-state index contributed by atoms with van der Waals surface area (Å²) in [5.74, 6) is -0.0973. The lowest BCUT2D eigenvalue weighted by molar-refractivity contribution is 0.102. The molecule has 0 radical (unpaired) electrons. The van der Waals surface area contributed by atoms with Crippen molar-refractivity contribution in [2.45, 2.75) is 13.8 Å². The van der Waals surface area contributed by atoms with E-state index in [9.17, 15) is 4.79 Å². The minimum absolute atomic E-state index is 0.168. The SMILES string of the molecule is Cc1noc(NC(=O)c2ncccc2N)c1C. The number of hydrogen-bond donors (Lipinski definition) is 2. The van der Waals surface area contributed by atoms with Crippen LogP contribution in [0, 0.1) is 13.8 Å². The molecule has 1 amide bonds. The number of nitrogens with one attached hydrogen (secondary N) is 1. The minimum atomic E-state index is -0.414. The molecule has 2 rings (SSSR count). The molecule has 0 bridgehead atoms. The molecule has 0 aliphatic heterocycles. The van der Waals surface area contributed by atoms with Crippen LogP contribution in [0.5, 0.6) is 0 Å². The van der Waals surface area contributed by atoms with Crippen molar-refractivity contribution in [3.05, 3.63) is 35.3 Å². The van der Waals surface area contributed by atoms with E-state index in [-0.39, 0.29) is 5.69 Å². The maximum atomic E-state index is 11.9. The summed E-state index contributed by atoms with van der Waals surface area (Å²) < 4.78 is 4.98. The van der Waals surface area contributed by atoms with Crippen molar-refractivity contribution in [1.82, 2.24) is 10.1 Å². The number of hydrogen-bond acceptors (Lipinski definition) is 5. The second kappa shape index (κ2) is 4.25. The second-order valence-electron chi connectivity index (χ2n) is 3.62. The van der Waals surface area contributed by atoms with Crippen molar-refractivity contribution < 1.29 is 9.32 Å². The Hall–Kier alpha value is -2.37. The fourth-order valence-corrected chi connectivity index (χ4v) is 1.30. The predicted molar refractivity (Wildman–Crippen MR) is 62.6 cm³/mol. The number of aryl methyl sites for hydroxylation is 1. The molecule has 88 valence electrons. The van der Waals surface area contributed by atoms with Crippen LogP contribution in [0.2, 0.25) is 0 Å². The number of carbonyl (C=O) groups excluding carboxylic acids is 1. The molecule has 6 nitrogen and oxygen atoms in total. The van der Waals surface area contributed by atoms with Crippen LogP contribution in [0.3, 0.4) is 0 Å². The van der Waals surface area contributed by atoms with Gasteiger partial charge in [0.2, 0.25) is 5.88 Å². The Labute approximate surface area is 97.8 Å². The summed E-state index contributed by atoms with van der Waals surface area (Å²) in [5, 5.41) is 6.32. The number of amides is 1. The molecule has 0 aliphatic carbocycles. The van der Waals surface area contributed by atoms with Gasteiger partial charge in [-0.25, -0.2) is 4.98 Å². The van der Waals surface area contributed by atoms with Gasteiger partial charge in [-0.3, -0.25) is 10.1 Å². The number of anilines is 2. The molecule has 0 aliphatic rings. The van der Waals surface area contributed by atoms with Gasteiger partial charge in [0.1, 0.15) is 0 Å². The summed E-state index contributed by atoms with van der Waals surface area (Å²) in [4.78, 5) is 15.8. The smallest absolute Gasteiger partial charge is 0.278 e. The van der Waals surface area contributed by atoms with Crippen LogP contribution < -0.4 is 11.1 Å². The zero-order valence-corrected chi connectivity index (χ0v) is 9.52. The lowest BCUT2D eigenvalue weighted by atomic mass is 10.2. The Bertz CT molecular complexity index is 562. The predicted octanol–water partition coefficient (Wildman–Crippen LogP) is 1.52. The summed E-state index contributed by atoms with van der Waals surface area (Å²) in [6, 6.07) is 3.27. The highest BCUT2D eigenvalue weighted by molar-refractivity contribution is 6.05. The molecule has 2 heterocycles. The zero-order valence-electron chi connectivity index (χ0n) is 9.52. The average Bonchev–Trinajstić information content (AvgIpc) is 2.61. The van der Waals surface area contributed by atoms with Crippen molar-refractivity contribution in [3.8, 4) is 0 Å². The van der Waals surface area contributed by atoms with Gasteiger partial charge in [0.15, 0.2) is 5.69 Å². The standard InChI is InChI=1S/C11H12N4O2/c1-6-7(2)15-17-11(6)14-10(16)9-8(12)4-3-5-13-9/h3-5H,12H2,1-2H3,(H,14,16). The molecule has 2 aromatic heterocycles. The van der Waals surface area contributed by atoms with E-state index in [1.807, 2.05) is 6.92 Å². The topological polar surface area (TPSA) is 94.0 Å². The van der Waals surface area contributed by atoms with Gasteiger partial charge < -0.3 is 10.3 Å². The molecule has 0 unspecified atom stereocenters. The van der Waals surface area contributed by atoms with E-state index >= 15 is 0 Å².